The molecule has 12 heteroatoms. The molecule has 0 spiro atoms. The average molecular weight is 1930 g/mol. The lowest BCUT2D eigenvalue weighted by Crippen LogP contribution is -2.11. The van der Waals surface area contributed by atoms with Gasteiger partial charge >= 0.3 is 0 Å². The standard InChI is InChI=1S/C136H130N12/c1-71-31-29-32-72(2)111(71)99-63-89(83-43-25-26-44-83)65-107-119(99)137-131-141-103-57-51-87(81-39-21-22-40-81)61-95(103)116-123(141)127(145(107)131)115-96-62-88(82-41-23-24-42-82)52-58-104(96)142-124(115)128(116)146-108-66-90(84-45-27-28-46-84)64-100(120(108)138-132(142)146)113-75(5)47-53-93(77(113)7)94-54-48-76(6)114(78(94)8)102-68-92(136(12,13)14)70-110-122(102)140-134-144-106-56-50-86(80-37-19-16-20-38-80)60-98(106)117-126(144)130(148(110)134)118-97-59-85(79-35-17-15-18-36-79)49-55-105(97)143-125(118)129(117)147-109-69-91(135(9,10)11)67-101(121(109)139-133(143)147)112-73(3)33-30-34-74(112)4/h29-34,47-70,79-84H,15-28,35-46H2,1-14H3. The summed E-state index contributed by atoms with van der Waals surface area (Å²) < 4.78 is 21.3. The molecule has 0 aliphatic heterocycles. The maximum Gasteiger partial charge on any atom is 0.220 e. The van der Waals surface area contributed by atoms with Crippen LogP contribution in [0.3, 0.4) is 0 Å². The minimum absolute atomic E-state index is 0.153. The summed E-state index contributed by atoms with van der Waals surface area (Å²) >= 11 is 0. The molecule has 6 saturated carbocycles. The molecule has 734 valence electrons. The predicted molar refractivity (Wildman–Crippen MR) is 619 cm³/mol. The SMILES string of the molecule is Cc1cccc(C)c1-c1cc(C2CCCC2)cc2c1nc1n2c2c3c4cc(C5CCCC5)ccc4n4c3c(c3c5cc(C6CCCC6)ccc5n1c32)n1c2cc(C3CCCC3)cc(-c3c(C)ccc(-c5ccc(C)c(-c6cc(C(C)(C)C)cc7c6nc6n7c7c8c9cc(C%10CCCCC%10)ccc9n9c8c(c8c%10cc(C%11CCCCC%11)ccc%10n6c87)n6c7cc(C(C)(C)C)cc(-c8c(C)cccc8C)c7nc69)c5C)c3C)c2nc14. The first-order valence-electron chi connectivity index (χ1n) is 56.9. The Hall–Kier alpha value is -13.8. The van der Waals surface area contributed by atoms with Gasteiger partial charge < -0.3 is 0 Å². The largest absolute Gasteiger partial charge is 0.277 e. The van der Waals surface area contributed by atoms with Crippen LogP contribution in [0.2, 0.25) is 0 Å². The molecule has 0 bridgehead atoms. The fourth-order valence-corrected chi connectivity index (χ4v) is 32.1. The zero-order valence-electron chi connectivity index (χ0n) is 88.5. The van der Waals surface area contributed by atoms with Gasteiger partial charge in [-0.3, -0.25) is 35.2 Å². The molecule has 0 radical (unpaired) electrons. The van der Waals surface area contributed by atoms with Gasteiger partial charge in [0.15, 0.2) is 0 Å². The van der Waals surface area contributed by atoms with Gasteiger partial charge in [-0.1, -0.05) is 216 Å². The highest BCUT2D eigenvalue weighted by molar-refractivity contribution is 6.39. The summed E-state index contributed by atoms with van der Waals surface area (Å²) in [6.45, 7) is 33.3. The van der Waals surface area contributed by atoms with Crippen LogP contribution in [-0.4, -0.2) is 55.1 Å². The Morgan fingerprint density at radius 1 is 0.209 bits per heavy atom. The molecular weight excluding hydrogens is 1800 g/mol. The van der Waals surface area contributed by atoms with Crippen molar-refractivity contribution in [2.45, 2.75) is 310 Å². The van der Waals surface area contributed by atoms with Crippen LogP contribution in [0.4, 0.5) is 0 Å². The van der Waals surface area contributed by atoms with Crippen LogP contribution in [0, 0.1) is 55.4 Å². The summed E-state index contributed by atoms with van der Waals surface area (Å²) in [4.78, 5) is 25.1. The van der Waals surface area contributed by atoms with Crippen molar-refractivity contribution in [3.8, 4) is 55.6 Å². The first kappa shape index (κ1) is 87.2. The number of nitrogens with zero attached hydrogens (tertiary/aromatic N) is 12. The molecule has 14 aromatic carbocycles. The van der Waals surface area contributed by atoms with Gasteiger partial charge in [-0.25, -0.2) is 19.9 Å². The molecule has 0 amide bonds. The molecule has 12 heterocycles. The van der Waals surface area contributed by atoms with Crippen molar-refractivity contribution in [1.29, 1.82) is 0 Å². The van der Waals surface area contributed by atoms with E-state index in [4.69, 9.17) is 19.9 Å². The maximum absolute atomic E-state index is 6.42. The number of rotatable bonds is 11. The van der Waals surface area contributed by atoms with Gasteiger partial charge in [0.05, 0.1) is 110 Å². The number of hydrogen-bond donors (Lipinski definition) is 0. The van der Waals surface area contributed by atoms with E-state index in [1.54, 1.807) is 0 Å². The molecule has 6 fully saturated rings. The Bertz CT molecular complexity index is 10200. The molecule has 26 aromatic rings. The van der Waals surface area contributed by atoms with Crippen molar-refractivity contribution in [2.24, 2.45) is 0 Å². The van der Waals surface area contributed by atoms with E-state index >= 15 is 0 Å². The van der Waals surface area contributed by atoms with Gasteiger partial charge in [0, 0.05) is 65.3 Å². The van der Waals surface area contributed by atoms with E-state index in [1.807, 2.05) is 0 Å². The molecule has 148 heavy (non-hydrogen) atoms. The third kappa shape index (κ3) is 11.7. The quantitative estimate of drug-likeness (QED) is 0.129. The second-order valence-electron chi connectivity index (χ2n) is 49.9. The zero-order valence-corrected chi connectivity index (χ0v) is 88.5. The van der Waals surface area contributed by atoms with Crippen molar-refractivity contribution in [3.63, 3.8) is 0 Å². The van der Waals surface area contributed by atoms with Gasteiger partial charge in [0.1, 0.15) is 0 Å². The highest BCUT2D eigenvalue weighted by Crippen LogP contribution is 2.59. The minimum atomic E-state index is -0.245. The lowest BCUT2D eigenvalue weighted by Gasteiger charge is -2.23. The van der Waals surface area contributed by atoms with Crippen LogP contribution in [0.1, 0.15) is 333 Å². The molecule has 0 atom stereocenters. The fraction of sp³-hybridized carbons (Fsp3) is 0.353. The number of benzene rings is 14. The van der Waals surface area contributed by atoms with Gasteiger partial charge in [-0.2, -0.15) is 0 Å². The molecule has 0 saturated heterocycles. The van der Waals surface area contributed by atoms with Crippen molar-refractivity contribution >= 4 is 177 Å². The first-order valence-corrected chi connectivity index (χ1v) is 56.9. The van der Waals surface area contributed by atoms with Crippen molar-refractivity contribution in [1.82, 2.24) is 55.1 Å². The lowest BCUT2D eigenvalue weighted by molar-refractivity contribution is 0.444. The number of aromatic nitrogens is 12. The summed E-state index contributed by atoms with van der Waals surface area (Å²) in [5.41, 5.74) is 57.7. The van der Waals surface area contributed by atoms with Gasteiger partial charge in [-0.15, -0.1) is 0 Å². The summed E-state index contributed by atoms with van der Waals surface area (Å²) in [5, 5.41) is 10.5. The Morgan fingerprint density at radius 3 is 0.716 bits per heavy atom. The molecule has 0 unspecified atom stereocenters. The number of aryl methyl sites for hydroxylation is 6. The van der Waals surface area contributed by atoms with E-state index in [-0.39, 0.29) is 10.8 Å². The Labute approximate surface area is 862 Å². The molecule has 6 aliphatic carbocycles. The Kier molecular flexibility index (Phi) is 18.2. The normalized spacial score (nSPS) is 17.2. The van der Waals surface area contributed by atoms with E-state index < -0.39 is 0 Å². The predicted octanol–water partition coefficient (Wildman–Crippen LogP) is 37.0. The van der Waals surface area contributed by atoms with Gasteiger partial charge in [0.25, 0.3) is 0 Å². The molecule has 12 aromatic heterocycles. The topological polar surface area (TPSA) is 86.8 Å². The van der Waals surface area contributed by atoms with Crippen LogP contribution in [0.15, 0.2) is 182 Å². The molecule has 32 rings (SSSR count). The highest BCUT2D eigenvalue weighted by Gasteiger charge is 2.41. The first-order chi connectivity index (χ1) is 72.0. The Morgan fingerprint density at radius 2 is 0.439 bits per heavy atom. The van der Waals surface area contributed by atoms with E-state index in [1.165, 1.54) is 432 Å². The monoisotopic (exact) mass is 1930 g/mol. The lowest BCUT2D eigenvalue weighted by atomic mass is 9.81. The molecular formula is C136H130N12. The van der Waals surface area contributed by atoms with Crippen LogP contribution in [-0.2, 0) is 10.8 Å². The summed E-state index contributed by atoms with van der Waals surface area (Å²) in [7, 11) is 0. The fourth-order valence-electron chi connectivity index (χ4n) is 32.1. The van der Waals surface area contributed by atoms with E-state index in [9.17, 15) is 0 Å². The number of imidazole rings is 8. The maximum atomic E-state index is 6.42. The van der Waals surface area contributed by atoms with E-state index in [0.29, 0.717) is 35.5 Å². The average Bonchev–Trinajstić information content (AvgIpc) is 1.48. The highest BCUT2D eigenvalue weighted by atomic mass is 15.2. The minimum Gasteiger partial charge on any atom is -0.277 e. The summed E-state index contributed by atoms with van der Waals surface area (Å²) in [5.74, 6) is 6.93. The van der Waals surface area contributed by atoms with E-state index in [2.05, 4.69) is 314 Å². The smallest absolute Gasteiger partial charge is 0.220 e. The number of hydrogen-bond acceptors (Lipinski definition) is 4. The van der Waals surface area contributed by atoms with Crippen molar-refractivity contribution in [3.05, 3.63) is 271 Å². The van der Waals surface area contributed by atoms with Crippen LogP contribution < -0.4 is 0 Å². The molecule has 12 nitrogen and oxygen atoms in total. The van der Waals surface area contributed by atoms with Gasteiger partial charge in [-0.05, 0) is 398 Å². The van der Waals surface area contributed by atoms with Gasteiger partial charge in [0.2, 0.25) is 23.1 Å². The van der Waals surface area contributed by atoms with Crippen molar-refractivity contribution < 1.29 is 0 Å². The molecule has 0 N–H and O–H groups in total. The Balaban J connectivity index is 0.644. The third-order valence-corrected chi connectivity index (χ3v) is 39.4. The van der Waals surface area contributed by atoms with Crippen LogP contribution in [0.5, 0.6) is 0 Å². The van der Waals surface area contributed by atoms with Crippen LogP contribution >= 0.6 is 0 Å². The zero-order chi connectivity index (χ0) is 99.0. The molecule has 6 aliphatic rings. The number of fused-ring (bicyclic) bond motifs is 36. The third-order valence-electron chi connectivity index (χ3n) is 39.4. The van der Waals surface area contributed by atoms with Crippen LogP contribution in [0.25, 0.3) is 232 Å². The second-order valence-corrected chi connectivity index (χ2v) is 49.9. The summed E-state index contributed by atoms with van der Waals surface area (Å²) in [6, 6.07) is 74.9. The summed E-state index contributed by atoms with van der Waals surface area (Å²) in [6.07, 6.45) is 32.4. The van der Waals surface area contributed by atoms with Crippen molar-refractivity contribution in [2.75, 3.05) is 0 Å². The second kappa shape index (κ2) is 30.9. The van der Waals surface area contributed by atoms with E-state index in [0.717, 1.165) is 56.2 Å².